The first kappa shape index (κ1) is 32.2. The smallest absolute Gasteiger partial charge is 0.416 e. The highest BCUT2D eigenvalue weighted by molar-refractivity contribution is 8.00. The molecule has 1 aromatic carbocycles. The van der Waals surface area contributed by atoms with E-state index in [1.54, 1.807) is 35.2 Å². The van der Waals surface area contributed by atoms with Gasteiger partial charge in [-0.3, -0.25) is 10.2 Å². The van der Waals surface area contributed by atoms with Crippen LogP contribution in [0.5, 0.6) is 0 Å². The average molecular weight is 627 g/mol. The standard InChI is InChI=1S/C30H38N6O5S2/c1-6-14-40-27(37)32-24-11-9-8-10-21(24)19-36(29(38)41-30(3,4)5)25-18-23(35-12-15-39-16-13-35)17-22(31-25)20-42-28-34-33-26(7-2)43-28/h6,8-11,17-18H,1,7,12-16,19-20H2,2-5H3,(H,32,37). The number of ether oxygens (including phenoxy) is 3. The van der Waals surface area contributed by atoms with Crippen LogP contribution in [0.2, 0.25) is 0 Å². The number of anilines is 3. The highest BCUT2D eigenvalue weighted by Crippen LogP contribution is 2.31. The Morgan fingerprint density at radius 3 is 2.67 bits per heavy atom. The van der Waals surface area contributed by atoms with Crippen LogP contribution in [0.4, 0.5) is 26.8 Å². The number of thioether (sulfide) groups is 1. The first-order valence-corrected chi connectivity index (χ1v) is 15.9. The maximum atomic E-state index is 13.7. The number of para-hydroxylation sites is 1. The third-order valence-corrected chi connectivity index (χ3v) is 8.36. The van der Waals surface area contributed by atoms with Crippen LogP contribution in [0, 0.1) is 0 Å². The summed E-state index contributed by atoms with van der Waals surface area (Å²) in [5, 5.41) is 12.3. The van der Waals surface area contributed by atoms with Crippen molar-refractivity contribution >= 4 is 52.5 Å². The maximum absolute atomic E-state index is 13.7. The van der Waals surface area contributed by atoms with Crippen LogP contribution in [-0.4, -0.2) is 65.9 Å². The Balaban J connectivity index is 1.70. The molecule has 2 amide bonds. The minimum atomic E-state index is -0.739. The molecule has 0 unspecified atom stereocenters. The van der Waals surface area contributed by atoms with Crippen molar-refractivity contribution in [1.82, 2.24) is 15.2 Å². The third kappa shape index (κ3) is 9.66. The van der Waals surface area contributed by atoms with Crippen LogP contribution in [0.15, 0.2) is 53.4 Å². The molecule has 3 heterocycles. The van der Waals surface area contributed by atoms with Crippen molar-refractivity contribution in [3.05, 3.63) is 65.3 Å². The molecule has 4 rings (SSSR count). The Hall–Kier alpha value is -3.68. The van der Waals surface area contributed by atoms with Gasteiger partial charge in [-0.1, -0.05) is 60.9 Å². The van der Waals surface area contributed by atoms with E-state index in [9.17, 15) is 9.59 Å². The lowest BCUT2D eigenvalue weighted by atomic mass is 10.1. The van der Waals surface area contributed by atoms with E-state index in [1.165, 1.54) is 11.0 Å². The van der Waals surface area contributed by atoms with E-state index in [1.807, 2.05) is 45.0 Å². The zero-order valence-corrected chi connectivity index (χ0v) is 26.6. The topological polar surface area (TPSA) is 119 Å². The molecular formula is C30H38N6O5S2. The fourth-order valence-electron chi connectivity index (χ4n) is 4.13. The van der Waals surface area contributed by atoms with Crippen molar-refractivity contribution in [1.29, 1.82) is 0 Å². The highest BCUT2D eigenvalue weighted by Gasteiger charge is 2.27. The van der Waals surface area contributed by atoms with Crippen molar-refractivity contribution in [2.24, 2.45) is 0 Å². The molecule has 0 atom stereocenters. The normalized spacial score (nSPS) is 13.3. The fourth-order valence-corrected chi connectivity index (χ4v) is 5.86. The predicted octanol–water partition coefficient (Wildman–Crippen LogP) is 6.30. The van der Waals surface area contributed by atoms with E-state index >= 15 is 0 Å². The number of aromatic nitrogens is 3. The van der Waals surface area contributed by atoms with Gasteiger partial charge in [0.05, 0.1) is 25.5 Å². The summed E-state index contributed by atoms with van der Waals surface area (Å²) < 4.78 is 17.4. The summed E-state index contributed by atoms with van der Waals surface area (Å²) in [6.45, 7) is 13.9. The first-order valence-electron chi connectivity index (χ1n) is 14.1. The summed E-state index contributed by atoms with van der Waals surface area (Å²) in [6, 6.07) is 11.2. The molecule has 1 fully saturated rings. The van der Waals surface area contributed by atoms with Crippen LogP contribution in [0.1, 0.15) is 44.0 Å². The molecule has 0 radical (unpaired) electrons. The Labute approximate surface area is 260 Å². The number of rotatable bonds is 11. The SMILES string of the molecule is C=CCOC(=O)Nc1ccccc1CN(C(=O)OC(C)(C)C)c1cc(N2CCOCC2)cc(CSc2nnc(CC)s2)n1. The van der Waals surface area contributed by atoms with E-state index in [4.69, 9.17) is 19.2 Å². The lowest BCUT2D eigenvalue weighted by Gasteiger charge is -2.31. The van der Waals surface area contributed by atoms with Crippen LogP contribution in [-0.2, 0) is 32.9 Å². The van der Waals surface area contributed by atoms with Gasteiger partial charge in [0, 0.05) is 36.3 Å². The van der Waals surface area contributed by atoms with Gasteiger partial charge < -0.3 is 19.1 Å². The van der Waals surface area contributed by atoms with Crippen LogP contribution < -0.4 is 15.1 Å². The number of nitrogens with zero attached hydrogens (tertiary/aromatic N) is 5. The molecule has 230 valence electrons. The van der Waals surface area contributed by atoms with E-state index < -0.39 is 17.8 Å². The Bertz CT molecular complexity index is 1400. The second-order valence-electron chi connectivity index (χ2n) is 10.6. The summed E-state index contributed by atoms with van der Waals surface area (Å²) in [7, 11) is 0. The van der Waals surface area contributed by atoms with Gasteiger partial charge in [-0.25, -0.2) is 14.6 Å². The van der Waals surface area contributed by atoms with Crippen LogP contribution >= 0.6 is 23.1 Å². The molecule has 1 saturated heterocycles. The largest absolute Gasteiger partial charge is 0.445 e. The molecular weight excluding hydrogens is 589 g/mol. The molecule has 1 aliphatic heterocycles. The molecule has 0 aliphatic carbocycles. The number of benzene rings is 1. The number of morpholine rings is 1. The summed E-state index contributed by atoms with van der Waals surface area (Å²) in [6.07, 6.45) is 1.15. The summed E-state index contributed by atoms with van der Waals surface area (Å²) in [5.74, 6) is 0.975. The number of carbonyl (C=O) groups is 2. The van der Waals surface area contributed by atoms with Crippen molar-refractivity contribution in [3.63, 3.8) is 0 Å². The average Bonchev–Trinajstić information content (AvgIpc) is 3.46. The lowest BCUT2D eigenvalue weighted by Crippen LogP contribution is -2.38. The van der Waals surface area contributed by atoms with Gasteiger partial charge in [0.1, 0.15) is 23.0 Å². The van der Waals surface area contributed by atoms with Crippen molar-refractivity contribution in [2.75, 3.05) is 48.0 Å². The number of nitrogens with one attached hydrogen (secondary N) is 1. The molecule has 13 heteroatoms. The highest BCUT2D eigenvalue weighted by atomic mass is 32.2. The van der Waals surface area contributed by atoms with Crippen LogP contribution in [0.25, 0.3) is 0 Å². The second kappa shape index (κ2) is 15.2. The Kier molecular flexibility index (Phi) is 11.4. The van der Waals surface area contributed by atoms with Crippen LogP contribution in [0.3, 0.4) is 0 Å². The molecule has 43 heavy (non-hydrogen) atoms. The molecule has 2 aromatic heterocycles. The quantitative estimate of drug-likeness (QED) is 0.192. The number of amides is 2. The van der Waals surface area contributed by atoms with Crippen molar-refractivity contribution < 1.29 is 23.8 Å². The van der Waals surface area contributed by atoms with Gasteiger partial charge in [-0.15, -0.1) is 10.2 Å². The van der Waals surface area contributed by atoms with E-state index in [2.05, 4.69) is 33.9 Å². The van der Waals surface area contributed by atoms with E-state index in [0.29, 0.717) is 36.0 Å². The third-order valence-electron chi connectivity index (χ3n) is 6.13. The van der Waals surface area contributed by atoms with Crippen molar-refractivity contribution in [3.8, 4) is 0 Å². The number of pyridine rings is 1. The number of carbonyl (C=O) groups excluding carboxylic acids is 2. The maximum Gasteiger partial charge on any atom is 0.416 e. The number of aryl methyl sites for hydroxylation is 1. The van der Waals surface area contributed by atoms with Gasteiger partial charge in [0.2, 0.25) is 0 Å². The molecule has 11 nitrogen and oxygen atoms in total. The number of hydrogen-bond donors (Lipinski definition) is 1. The zero-order valence-electron chi connectivity index (χ0n) is 25.0. The minimum Gasteiger partial charge on any atom is -0.445 e. The van der Waals surface area contributed by atoms with Gasteiger partial charge in [-0.05, 0) is 44.9 Å². The molecule has 0 saturated carbocycles. The van der Waals surface area contributed by atoms with Gasteiger partial charge in [-0.2, -0.15) is 0 Å². The Morgan fingerprint density at radius 2 is 1.98 bits per heavy atom. The minimum absolute atomic E-state index is 0.0773. The summed E-state index contributed by atoms with van der Waals surface area (Å²) in [5.41, 5.74) is 2.16. The van der Waals surface area contributed by atoms with Gasteiger partial charge in [0.15, 0.2) is 4.34 Å². The fraction of sp³-hybridized carbons (Fsp3) is 0.433. The molecule has 1 aliphatic rings. The van der Waals surface area contributed by atoms with E-state index in [0.717, 1.165) is 40.2 Å². The zero-order chi connectivity index (χ0) is 30.8. The molecule has 3 aromatic rings. The predicted molar refractivity (Wildman–Crippen MR) is 170 cm³/mol. The summed E-state index contributed by atoms with van der Waals surface area (Å²) in [4.78, 5) is 34.7. The van der Waals surface area contributed by atoms with Crippen molar-refractivity contribution in [2.45, 2.75) is 56.4 Å². The molecule has 1 N–H and O–H groups in total. The second-order valence-corrected chi connectivity index (χ2v) is 12.9. The Morgan fingerprint density at radius 1 is 1.21 bits per heavy atom. The van der Waals surface area contributed by atoms with Gasteiger partial charge >= 0.3 is 12.2 Å². The lowest BCUT2D eigenvalue weighted by molar-refractivity contribution is 0.0576. The number of hydrogen-bond acceptors (Lipinski definition) is 11. The van der Waals surface area contributed by atoms with E-state index in [-0.39, 0.29) is 13.2 Å². The monoisotopic (exact) mass is 626 g/mol. The molecule has 0 bridgehead atoms. The molecule has 0 spiro atoms. The summed E-state index contributed by atoms with van der Waals surface area (Å²) >= 11 is 3.13. The first-order chi connectivity index (χ1) is 20.6. The van der Waals surface area contributed by atoms with Gasteiger partial charge in [0.25, 0.3) is 0 Å².